The molecule has 23 heavy (non-hydrogen) atoms. The van der Waals surface area contributed by atoms with Gasteiger partial charge >= 0.3 is 12.1 Å². The fraction of sp³-hybridized carbons (Fsp3) is 0.429. The van der Waals surface area contributed by atoms with Crippen LogP contribution in [0.25, 0.3) is 0 Å². The number of nitriles is 1. The molecule has 6 nitrogen and oxygen atoms in total. The van der Waals surface area contributed by atoms with Crippen LogP contribution in [-0.2, 0) is 20.5 Å². The summed E-state index contributed by atoms with van der Waals surface area (Å²) in [6.45, 7) is 2.08. The van der Waals surface area contributed by atoms with Gasteiger partial charge in [-0.1, -0.05) is 13.3 Å². The number of alkyl halides is 3. The lowest BCUT2D eigenvalue weighted by atomic mass is 10.2. The average Bonchev–Trinajstić information content (AvgIpc) is 2.46. The van der Waals surface area contributed by atoms with Crippen LogP contribution in [-0.4, -0.2) is 23.5 Å². The second-order valence-electron chi connectivity index (χ2n) is 4.53. The number of esters is 1. The molecule has 0 unspecified atom stereocenters. The Balaban J connectivity index is 2.72. The number of amides is 1. The fourth-order valence-corrected chi connectivity index (χ4v) is 1.56. The molecule has 1 amide bonds. The molecule has 0 aliphatic carbocycles. The van der Waals surface area contributed by atoms with E-state index in [1.54, 1.807) is 0 Å². The summed E-state index contributed by atoms with van der Waals surface area (Å²) in [5, 5.41) is 10.7. The lowest BCUT2D eigenvalue weighted by Gasteiger charge is -2.10. The third kappa shape index (κ3) is 5.94. The fourth-order valence-electron chi connectivity index (χ4n) is 1.56. The minimum Gasteiger partial charge on any atom is -0.465 e. The van der Waals surface area contributed by atoms with Crippen molar-refractivity contribution in [1.29, 1.82) is 5.26 Å². The maximum atomic E-state index is 12.8. The molecule has 0 saturated heterocycles. The topological polar surface area (TPSA) is 92.1 Å². The molecule has 1 heterocycles. The van der Waals surface area contributed by atoms with E-state index in [2.05, 4.69) is 10.3 Å². The highest BCUT2D eigenvalue weighted by atomic mass is 19.4. The zero-order chi connectivity index (χ0) is 17.5. The zero-order valence-electron chi connectivity index (χ0n) is 12.2. The standard InChI is InChI=1S/C14H14F3N3O3/c1-2-3-4-23-13(22)6-12(21)20-9-5-10(14(15,16)17)11(7-18)19-8-9/h5,8H,2-4,6H2,1H3,(H,20,21). The van der Waals surface area contributed by atoms with Crippen molar-refractivity contribution in [2.75, 3.05) is 11.9 Å². The number of hydrogen-bond donors (Lipinski definition) is 1. The Morgan fingerprint density at radius 1 is 1.43 bits per heavy atom. The van der Waals surface area contributed by atoms with Crippen LogP contribution in [0.2, 0.25) is 0 Å². The normalized spacial score (nSPS) is 10.7. The van der Waals surface area contributed by atoms with Gasteiger partial charge in [0.25, 0.3) is 0 Å². The lowest BCUT2D eigenvalue weighted by molar-refractivity contribution is -0.145. The second-order valence-corrected chi connectivity index (χ2v) is 4.53. The molecule has 0 saturated carbocycles. The molecule has 0 spiro atoms. The van der Waals surface area contributed by atoms with Crippen LogP contribution < -0.4 is 5.32 Å². The van der Waals surface area contributed by atoms with E-state index in [9.17, 15) is 22.8 Å². The number of nitrogens with one attached hydrogen (secondary N) is 1. The predicted molar refractivity (Wildman–Crippen MR) is 73.1 cm³/mol. The van der Waals surface area contributed by atoms with Gasteiger partial charge in [-0.25, -0.2) is 4.98 Å². The zero-order valence-corrected chi connectivity index (χ0v) is 12.2. The first-order valence-corrected chi connectivity index (χ1v) is 6.70. The van der Waals surface area contributed by atoms with Gasteiger partial charge in [-0.2, -0.15) is 18.4 Å². The SMILES string of the molecule is CCCCOC(=O)CC(=O)Nc1cnc(C#N)c(C(F)(F)F)c1. The van der Waals surface area contributed by atoms with Gasteiger partial charge < -0.3 is 10.1 Å². The number of carbonyl (C=O) groups excluding carboxylic acids is 2. The van der Waals surface area contributed by atoms with Crippen LogP contribution in [0, 0.1) is 11.3 Å². The van der Waals surface area contributed by atoms with E-state index in [-0.39, 0.29) is 12.3 Å². The Morgan fingerprint density at radius 3 is 2.70 bits per heavy atom. The van der Waals surface area contributed by atoms with Crippen molar-refractivity contribution in [3.05, 3.63) is 23.5 Å². The highest BCUT2D eigenvalue weighted by Gasteiger charge is 2.34. The molecule has 9 heteroatoms. The van der Waals surface area contributed by atoms with Crippen molar-refractivity contribution in [1.82, 2.24) is 4.98 Å². The van der Waals surface area contributed by atoms with E-state index < -0.39 is 35.7 Å². The number of halogens is 3. The molecule has 124 valence electrons. The molecule has 0 aliphatic rings. The Labute approximate surface area is 130 Å². The first kappa shape index (κ1) is 18.4. The first-order chi connectivity index (χ1) is 10.8. The Morgan fingerprint density at radius 2 is 2.13 bits per heavy atom. The summed E-state index contributed by atoms with van der Waals surface area (Å²) >= 11 is 0. The summed E-state index contributed by atoms with van der Waals surface area (Å²) < 4.78 is 43.0. The molecule has 0 bridgehead atoms. The van der Waals surface area contributed by atoms with Gasteiger partial charge in [-0.05, 0) is 12.5 Å². The molecule has 1 N–H and O–H groups in total. The molecular formula is C14H14F3N3O3. The summed E-state index contributed by atoms with van der Waals surface area (Å²) in [5.41, 5.74) is -2.32. The van der Waals surface area contributed by atoms with Crippen molar-refractivity contribution >= 4 is 17.6 Å². The van der Waals surface area contributed by atoms with Crippen LogP contribution in [0.4, 0.5) is 18.9 Å². The number of pyridine rings is 1. The smallest absolute Gasteiger partial charge is 0.419 e. The molecule has 0 aliphatic heterocycles. The van der Waals surface area contributed by atoms with E-state index >= 15 is 0 Å². The van der Waals surface area contributed by atoms with Crippen LogP contribution in [0.1, 0.15) is 37.4 Å². The molecule has 0 atom stereocenters. The predicted octanol–water partition coefficient (Wildman–Crippen LogP) is 2.64. The van der Waals surface area contributed by atoms with Crippen molar-refractivity contribution < 1.29 is 27.5 Å². The summed E-state index contributed by atoms with van der Waals surface area (Å²) in [5.74, 6) is -1.60. The van der Waals surface area contributed by atoms with E-state index in [0.29, 0.717) is 12.5 Å². The molecule has 1 aromatic rings. The number of carbonyl (C=O) groups is 2. The van der Waals surface area contributed by atoms with Gasteiger partial charge in [0, 0.05) is 0 Å². The van der Waals surface area contributed by atoms with Gasteiger partial charge in [0.05, 0.1) is 24.1 Å². The Hall–Kier alpha value is -2.63. The minimum absolute atomic E-state index is 0.180. The minimum atomic E-state index is -4.78. The van der Waals surface area contributed by atoms with Crippen molar-refractivity contribution in [3.63, 3.8) is 0 Å². The van der Waals surface area contributed by atoms with E-state index in [4.69, 9.17) is 10.00 Å². The summed E-state index contributed by atoms with van der Waals surface area (Å²) in [7, 11) is 0. The summed E-state index contributed by atoms with van der Waals surface area (Å²) in [6.07, 6.45) is -3.02. The van der Waals surface area contributed by atoms with E-state index in [0.717, 1.165) is 12.6 Å². The monoisotopic (exact) mass is 329 g/mol. The largest absolute Gasteiger partial charge is 0.465 e. The number of unbranched alkanes of at least 4 members (excludes halogenated alkanes) is 1. The summed E-state index contributed by atoms with van der Waals surface area (Å²) in [6, 6.07) is 1.91. The first-order valence-electron chi connectivity index (χ1n) is 6.70. The van der Waals surface area contributed by atoms with Crippen molar-refractivity contribution in [2.24, 2.45) is 0 Å². The van der Waals surface area contributed by atoms with Crippen LogP contribution in [0.15, 0.2) is 12.3 Å². The van der Waals surface area contributed by atoms with Crippen LogP contribution >= 0.6 is 0 Å². The molecule has 1 aromatic heterocycles. The van der Waals surface area contributed by atoms with Gasteiger partial charge in [0.1, 0.15) is 12.5 Å². The molecule has 0 fully saturated rings. The van der Waals surface area contributed by atoms with Crippen molar-refractivity contribution in [2.45, 2.75) is 32.4 Å². The quantitative estimate of drug-likeness (QED) is 0.492. The second kappa shape index (κ2) is 8.12. The van der Waals surface area contributed by atoms with Crippen LogP contribution in [0.3, 0.4) is 0 Å². The van der Waals surface area contributed by atoms with Crippen molar-refractivity contribution in [3.8, 4) is 6.07 Å². The Kier molecular flexibility index (Phi) is 6.50. The third-order valence-electron chi connectivity index (χ3n) is 2.65. The number of hydrogen-bond acceptors (Lipinski definition) is 5. The van der Waals surface area contributed by atoms with Crippen LogP contribution in [0.5, 0.6) is 0 Å². The molecule has 0 aromatic carbocycles. The number of ether oxygens (including phenoxy) is 1. The Bertz CT molecular complexity index is 624. The maximum Gasteiger partial charge on any atom is 0.419 e. The van der Waals surface area contributed by atoms with Gasteiger partial charge in [0.2, 0.25) is 5.91 Å². The lowest BCUT2D eigenvalue weighted by Crippen LogP contribution is -2.19. The average molecular weight is 329 g/mol. The maximum absolute atomic E-state index is 12.8. The number of anilines is 1. The number of aromatic nitrogens is 1. The van der Waals surface area contributed by atoms with E-state index in [1.807, 2.05) is 6.92 Å². The number of nitrogens with zero attached hydrogens (tertiary/aromatic N) is 2. The third-order valence-corrected chi connectivity index (χ3v) is 2.65. The highest BCUT2D eigenvalue weighted by Crippen LogP contribution is 2.32. The van der Waals surface area contributed by atoms with E-state index in [1.165, 1.54) is 6.07 Å². The summed E-state index contributed by atoms with van der Waals surface area (Å²) in [4.78, 5) is 26.3. The molecule has 0 radical (unpaired) electrons. The molecular weight excluding hydrogens is 315 g/mol. The highest BCUT2D eigenvalue weighted by molar-refractivity contribution is 6.01. The van der Waals surface area contributed by atoms with Gasteiger partial charge in [0.15, 0.2) is 5.69 Å². The number of rotatable bonds is 6. The van der Waals surface area contributed by atoms with Gasteiger partial charge in [-0.3, -0.25) is 9.59 Å². The van der Waals surface area contributed by atoms with Gasteiger partial charge in [-0.15, -0.1) is 0 Å². The molecule has 1 rings (SSSR count).